The van der Waals surface area contributed by atoms with E-state index in [2.05, 4.69) is 18.0 Å². The largest absolute Gasteiger partial charge is 0.491 e. The predicted octanol–water partition coefficient (Wildman–Crippen LogP) is 4.33. The molecule has 0 spiro atoms. The molecule has 1 saturated carbocycles. The fourth-order valence-electron chi connectivity index (χ4n) is 3.81. The molecule has 0 radical (unpaired) electrons. The molecule has 1 aliphatic carbocycles. The zero-order valence-corrected chi connectivity index (χ0v) is 18.3. The van der Waals surface area contributed by atoms with Gasteiger partial charge in [0.25, 0.3) is 0 Å². The average Bonchev–Trinajstić information content (AvgIpc) is 3.49. The molecule has 0 unspecified atom stereocenters. The van der Waals surface area contributed by atoms with E-state index in [0.29, 0.717) is 30.5 Å². The molecule has 1 fully saturated rings. The number of carbonyl (C=O) groups excluding carboxylic acids is 2. The van der Waals surface area contributed by atoms with Gasteiger partial charge in [0.1, 0.15) is 18.9 Å². The lowest BCUT2D eigenvalue weighted by atomic mass is 10.0. The molecular weight excluding hydrogens is 420 g/mol. The molecular formula is C23H25ClN2O3S. The lowest BCUT2D eigenvalue weighted by Gasteiger charge is -2.37. The van der Waals surface area contributed by atoms with Crippen LogP contribution in [0.2, 0.25) is 5.02 Å². The van der Waals surface area contributed by atoms with Crippen LogP contribution in [0, 0.1) is 5.92 Å². The number of halogens is 1. The fraction of sp³-hybridized carbons (Fsp3) is 0.391. The van der Waals surface area contributed by atoms with Gasteiger partial charge in [0.05, 0.1) is 6.04 Å². The molecule has 0 saturated heterocycles. The van der Waals surface area contributed by atoms with Crippen LogP contribution in [0.1, 0.15) is 29.3 Å². The molecule has 4 rings (SSSR count). The zero-order valence-electron chi connectivity index (χ0n) is 16.8. The van der Waals surface area contributed by atoms with Crippen LogP contribution in [-0.4, -0.2) is 47.9 Å². The number of thiophene rings is 1. The van der Waals surface area contributed by atoms with Crippen LogP contribution in [0.4, 0.5) is 0 Å². The Labute approximate surface area is 185 Å². The smallest absolute Gasteiger partial charge is 0.242 e. The summed E-state index contributed by atoms with van der Waals surface area (Å²) in [4.78, 5) is 30.6. The van der Waals surface area contributed by atoms with Gasteiger partial charge in [0.2, 0.25) is 11.8 Å². The van der Waals surface area contributed by atoms with Crippen molar-refractivity contribution in [2.45, 2.75) is 25.3 Å². The van der Waals surface area contributed by atoms with Gasteiger partial charge < -0.3 is 14.5 Å². The summed E-state index contributed by atoms with van der Waals surface area (Å²) >= 11 is 7.67. The van der Waals surface area contributed by atoms with Crippen molar-refractivity contribution in [2.75, 3.05) is 26.2 Å². The summed E-state index contributed by atoms with van der Waals surface area (Å²) in [5.41, 5.74) is 1.14. The van der Waals surface area contributed by atoms with Crippen LogP contribution in [0.15, 0.2) is 48.4 Å². The number of hydrogen-bond acceptors (Lipinski definition) is 4. The number of carbonyl (C=O) groups is 2. The molecule has 1 aromatic carbocycles. The highest BCUT2D eigenvalue weighted by Gasteiger charge is 2.36. The molecule has 7 heteroatoms. The number of benzene rings is 1. The van der Waals surface area contributed by atoms with E-state index in [1.165, 1.54) is 4.88 Å². The van der Waals surface area contributed by atoms with Crippen molar-refractivity contribution in [1.82, 2.24) is 9.80 Å². The molecule has 1 atom stereocenters. The first kappa shape index (κ1) is 20.9. The molecule has 5 nitrogen and oxygen atoms in total. The second-order valence-electron chi connectivity index (χ2n) is 7.70. The van der Waals surface area contributed by atoms with E-state index in [-0.39, 0.29) is 30.3 Å². The Hall–Kier alpha value is -2.31. The molecule has 30 heavy (non-hydrogen) atoms. The summed E-state index contributed by atoms with van der Waals surface area (Å²) in [5, 5.41) is 2.72. The highest BCUT2D eigenvalue weighted by atomic mass is 35.5. The molecule has 0 N–H and O–H groups in total. The number of rotatable bonds is 8. The third-order valence-electron chi connectivity index (χ3n) is 5.55. The van der Waals surface area contributed by atoms with Crippen LogP contribution in [0.5, 0.6) is 5.75 Å². The third kappa shape index (κ3) is 4.71. The molecule has 0 bridgehead atoms. The van der Waals surface area contributed by atoms with Crippen molar-refractivity contribution >= 4 is 34.8 Å². The third-order valence-corrected chi connectivity index (χ3v) is 6.80. The highest BCUT2D eigenvalue weighted by molar-refractivity contribution is 7.10. The van der Waals surface area contributed by atoms with Crippen LogP contribution in [0.3, 0.4) is 0 Å². The van der Waals surface area contributed by atoms with E-state index >= 15 is 0 Å². The Balaban J connectivity index is 1.49. The Morgan fingerprint density at radius 2 is 2.03 bits per heavy atom. The van der Waals surface area contributed by atoms with Crippen molar-refractivity contribution < 1.29 is 14.3 Å². The van der Waals surface area contributed by atoms with Gasteiger partial charge >= 0.3 is 0 Å². The molecule has 1 aromatic heterocycles. The van der Waals surface area contributed by atoms with Crippen molar-refractivity contribution in [3.8, 4) is 5.75 Å². The van der Waals surface area contributed by atoms with Crippen LogP contribution < -0.4 is 4.74 Å². The monoisotopic (exact) mass is 444 g/mol. The second-order valence-corrected chi connectivity index (χ2v) is 9.14. The van der Waals surface area contributed by atoms with E-state index < -0.39 is 0 Å². The topological polar surface area (TPSA) is 49.9 Å². The lowest BCUT2D eigenvalue weighted by molar-refractivity contribution is -0.142. The van der Waals surface area contributed by atoms with Gasteiger partial charge in [-0.15, -0.1) is 17.9 Å². The van der Waals surface area contributed by atoms with E-state index in [0.717, 1.165) is 24.8 Å². The Morgan fingerprint density at radius 3 is 2.73 bits per heavy atom. The molecule has 2 aliphatic rings. The maximum absolute atomic E-state index is 13.3. The quantitative estimate of drug-likeness (QED) is 0.569. The Morgan fingerprint density at radius 1 is 1.27 bits per heavy atom. The first-order chi connectivity index (χ1) is 14.6. The maximum Gasteiger partial charge on any atom is 0.242 e. The standard InChI is InChI=1S/C23H25ClN2O3S/c1-2-11-25(23(28)16-3-4-16)14-22(27)26-12-9-21-19(10-13-30-21)20(26)15-29-18-7-5-17(24)6-8-18/h2,5-8,10,13,16,20H,1,3-4,9,11-12,14-15H2/t20-/m1/s1. The lowest BCUT2D eigenvalue weighted by Crippen LogP contribution is -2.48. The minimum atomic E-state index is -0.176. The van der Waals surface area contributed by atoms with Crippen molar-refractivity contribution in [3.05, 3.63) is 63.8 Å². The van der Waals surface area contributed by atoms with Gasteiger partial charge in [-0.25, -0.2) is 0 Å². The number of nitrogens with zero attached hydrogens (tertiary/aromatic N) is 2. The number of hydrogen-bond donors (Lipinski definition) is 0. The SMILES string of the molecule is C=CCN(CC(=O)N1CCc2sccc2[C@H]1COc1ccc(Cl)cc1)C(=O)C1CC1. The van der Waals surface area contributed by atoms with Gasteiger partial charge in [-0.3, -0.25) is 9.59 Å². The Bertz CT molecular complexity index is 923. The molecule has 2 amide bonds. The van der Waals surface area contributed by atoms with Gasteiger partial charge in [0, 0.05) is 28.9 Å². The summed E-state index contributed by atoms with van der Waals surface area (Å²) in [6, 6.07) is 9.12. The second kappa shape index (κ2) is 9.23. The minimum absolute atomic E-state index is 0.0487. The van der Waals surface area contributed by atoms with Gasteiger partial charge in [0.15, 0.2) is 0 Å². The number of amides is 2. The highest BCUT2D eigenvalue weighted by Crippen LogP contribution is 2.35. The average molecular weight is 445 g/mol. The van der Waals surface area contributed by atoms with Crippen molar-refractivity contribution in [3.63, 3.8) is 0 Å². The Kier molecular flexibility index (Phi) is 6.44. The predicted molar refractivity (Wildman–Crippen MR) is 119 cm³/mol. The van der Waals surface area contributed by atoms with Gasteiger partial charge in [-0.1, -0.05) is 17.7 Å². The summed E-state index contributed by atoms with van der Waals surface area (Å²) in [7, 11) is 0. The summed E-state index contributed by atoms with van der Waals surface area (Å²) in [6.45, 7) is 5.20. The molecule has 2 aromatic rings. The maximum atomic E-state index is 13.3. The van der Waals surface area contributed by atoms with Crippen molar-refractivity contribution in [1.29, 1.82) is 0 Å². The molecule has 1 aliphatic heterocycles. The van der Waals surface area contributed by atoms with Gasteiger partial charge in [-0.2, -0.15) is 0 Å². The van der Waals surface area contributed by atoms with Crippen LogP contribution in [0.25, 0.3) is 0 Å². The van der Waals surface area contributed by atoms with E-state index in [4.69, 9.17) is 16.3 Å². The molecule has 2 heterocycles. The van der Waals surface area contributed by atoms with E-state index in [1.54, 1.807) is 34.4 Å². The summed E-state index contributed by atoms with van der Waals surface area (Å²) in [5.74, 6) is 0.802. The van der Waals surface area contributed by atoms with Crippen molar-refractivity contribution in [2.24, 2.45) is 5.92 Å². The van der Waals surface area contributed by atoms with Gasteiger partial charge in [-0.05, 0) is 60.5 Å². The van der Waals surface area contributed by atoms with E-state index in [1.807, 2.05) is 17.0 Å². The normalized spacial score (nSPS) is 17.9. The summed E-state index contributed by atoms with van der Waals surface area (Å²) < 4.78 is 6.01. The van der Waals surface area contributed by atoms with Crippen LogP contribution in [-0.2, 0) is 16.0 Å². The fourth-order valence-corrected chi connectivity index (χ4v) is 4.87. The molecule has 158 valence electrons. The zero-order chi connectivity index (χ0) is 21.1. The van der Waals surface area contributed by atoms with E-state index in [9.17, 15) is 9.59 Å². The minimum Gasteiger partial charge on any atom is -0.491 e. The summed E-state index contributed by atoms with van der Waals surface area (Å²) in [6.07, 6.45) is 4.34. The first-order valence-corrected chi connectivity index (χ1v) is 11.5. The van der Waals surface area contributed by atoms with Crippen LogP contribution >= 0.6 is 22.9 Å². The number of ether oxygens (including phenoxy) is 1. The number of fused-ring (bicyclic) bond motifs is 1. The first-order valence-electron chi connectivity index (χ1n) is 10.2.